The Balaban J connectivity index is 1.80. The molecule has 132 valence electrons. The minimum atomic E-state index is -3.45. The van der Waals surface area contributed by atoms with Crippen molar-refractivity contribution in [1.82, 2.24) is 0 Å². The van der Waals surface area contributed by atoms with Crippen LogP contribution in [0.3, 0.4) is 0 Å². The first-order chi connectivity index (χ1) is 12.5. The van der Waals surface area contributed by atoms with Crippen LogP contribution in [0.5, 0.6) is 0 Å². The van der Waals surface area contributed by atoms with Gasteiger partial charge in [-0.1, -0.05) is 60.7 Å². The first-order valence-electron chi connectivity index (χ1n) is 8.10. The maximum absolute atomic E-state index is 12.7. The molecule has 0 bridgehead atoms. The standard InChI is InChI=1S/C21H18O4S/c22-14-20(23)11-9-16-5-7-17(8-6-16)15-26(24,25)21-12-10-18-3-1-2-4-19(18)13-21/h1-13,22H,14-15H2/b11-9+. The summed E-state index contributed by atoms with van der Waals surface area (Å²) in [5.74, 6) is -0.474. The van der Waals surface area contributed by atoms with Gasteiger partial charge in [0.1, 0.15) is 6.61 Å². The van der Waals surface area contributed by atoms with Gasteiger partial charge in [0.05, 0.1) is 10.6 Å². The summed E-state index contributed by atoms with van der Waals surface area (Å²) in [6, 6.07) is 19.7. The fourth-order valence-electron chi connectivity index (χ4n) is 2.63. The van der Waals surface area contributed by atoms with Crippen molar-refractivity contribution >= 4 is 32.5 Å². The molecular formula is C21H18O4S. The Hall–Kier alpha value is -2.76. The van der Waals surface area contributed by atoms with E-state index < -0.39 is 16.4 Å². The molecule has 0 aliphatic carbocycles. The molecular weight excluding hydrogens is 348 g/mol. The summed E-state index contributed by atoms with van der Waals surface area (Å²) in [5.41, 5.74) is 1.43. The Bertz CT molecular complexity index is 1060. The van der Waals surface area contributed by atoms with E-state index in [0.717, 1.165) is 16.3 Å². The van der Waals surface area contributed by atoms with Crippen molar-refractivity contribution in [3.63, 3.8) is 0 Å². The highest BCUT2D eigenvalue weighted by atomic mass is 32.2. The quantitative estimate of drug-likeness (QED) is 0.679. The summed E-state index contributed by atoms with van der Waals surface area (Å²) in [7, 11) is -3.45. The molecule has 5 heteroatoms. The molecule has 4 nitrogen and oxygen atoms in total. The highest BCUT2D eigenvalue weighted by Gasteiger charge is 2.15. The lowest BCUT2D eigenvalue weighted by Crippen LogP contribution is -2.05. The third-order valence-electron chi connectivity index (χ3n) is 4.03. The molecule has 0 heterocycles. The number of aliphatic hydroxyl groups excluding tert-OH is 1. The van der Waals surface area contributed by atoms with E-state index in [0.29, 0.717) is 10.5 Å². The van der Waals surface area contributed by atoms with Crippen LogP contribution in [0.25, 0.3) is 16.8 Å². The minimum Gasteiger partial charge on any atom is -0.388 e. The van der Waals surface area contributed by atoms with Crippen LogP contribution in [-0.2, 0) is 20.4 Å². The molecule has 0 fully saturated rings. The van der Waals surface area contributed by atoms with Gasteiger partial charge in [0.25, 0.3) is 0 Å². The Kier molecular flexibility index (Phi) is 5.30. The molecule has 0 unspecified atom stereocenters. The summed E-state index contributed by atoms with van der Waals surface area (Å²) < 4.78 is 25.4. The van der Waals surface area contributed by atoms with Gasteiger partial charge in [-0.05, 0) is 40.1 Å². The van der Waals surface area contributed by atoms with Gasteiger partial charge in [-0.2, -0.15) is 0 Å². The van der Waals surface area contributed by atoms with Crippen LogP contribution in [-0.4, -0.2) is 25.9 Å². The summed E-state index contributed by atoms with van der Waals surface area (Å²) in [5, 5.41) is 10.6. The van der Waals surface area contributed by atoms with E-state index in [1.165, 1.54) is 6.08 Å². The monoisotopic (exact) mass is 366 g/mol. The predicted molar refractivity (Wildman–Crippen MR) is 102 cm³/mol. The van der Waals surface area contributed by atoms with Crippen molar-refractivity contribution in [2.45, 2.75) is 10.6 Å². The van der Waals surface area contributed by atoms with Crippen LogP contribution < -0.4 is 0 Å². The Morgan fingerprint density at radius 2 is 1.62 bits per heavy atom. The molecule has 0 spiro atoms. The summed E-state index contributed by atoms with van der Waals surface area (Å²) >= 11 is 0. The lowest BCUT2D eigenvalue weighted by Gasteiger charge is -2.07. The highest BCUT2D eigenvalue weighted by Crippen LogP contribution is 2.22. The molecule has 26 heavy (non-hydrogen) atoms. The zero-order chi connectivity index (χ0) is 18.6. The summed E-state index contributed by atoms with van der Waals surface area (Å²) in [4.78, 5) is 11.4. The summed E-state index contributed by atoms with van der Waals surface area (Å²) in [6.45, 7) is -0.529. The van der Waals surface area contributed by atoms with Crippen molar-refractivity contribution in [2.75, 3.05) is 6.61 Å². The van der Waals surface area contributed by atoms with Gasteiger partial charge in [0, 0.05) is 0 Å². The molecule has 3 rings (SSSR count). The molecule has 0 aliphatic rings. The number of rotatable bonds is 6. The largest absolute Gasteiger partial charge is 0.388 e. The predicted octanol–water partition coefficient (Wildman–Crippen LogP) is 3.39. The normalized spacial score (nSPS) is 11.9. The Morgan fingerprint density at radius 3 is 2.31 bits per heavy atom. The van der Waals surface area contributed by atoms with Crippen LogP contribution in [0.2, 0.25) is 0 Å². The van der Waals surface area contributed by atoms with Gasteiger partial charge < -0.3 is 5.11 Å². The average Bonchev–Trinajstić information content (AvgIpc) is 2.66. The van der Waals surface area contributed by atoms with Crippen LogP contribution in [0.15, 0.2) is 77.7 Å². The van der Waals surface area contributed by atoms with E-state index in [4.69, 9.17) is 5.11 Å². The van der Waals surface area contributed by atoms with Crippen molar-refractivity contribution < 1.29 is 18.3 Å². The van der Waals surface area contributed by atoms with Crippen molar-refractivity contribution in [3.05, 3.63) is 83.9 Å². The van der Waals surface area contributed by atoms with Crippen molar-refractivity contribution in [2.24, 2.45) is 0 Å². The fourth-order valence-corrected chi connectivity index (χ4v) is 4.01. The van der Waals surface area contributed by atoms with Crippen molar-refractivity contribution in [3.8, 4) is 0 Å². The molecule has 3 aromatic rings. The van der Waals surface area contributed by atoms with E-state index in [1.807, 2.05) is 30.3 Å². The first kappa shape index (κ1) is 18.0. The maximum atomic E-state index is 12.7. The number of ketones is 1. The number of hydrogen-bond donors (Lipinski definition) is 1. The number of aliphatic hydroxyl groups is 1. The van der Waals surface area contributed by atoms with Crippen LogP contribution in [0, 0.1) is 0 Å². The number of sulfone groups is 1. The highest BCUT2D eigenvalue weighted by molar-refractivity contribution is 7.90. The molecule has 0 aromatic heterocycles. The fraction of sp³-hybridized carbons (Fsp3) is 0.0952. The Labute approximate surface area is 152 Å². The topological polar surface area (TPSA) is 71.4 Å². The van der Waals surface area contributed by atoms with E-state index in [-0.39, 0.29) is 11.5 Å². The molecule has 0 aliphatic heterocycles. The van der Waals surface area contributed by atoms with E-state index >= 15 is 0 Å². The van der Waals surface area contributed by atoms with E-state index in [9.17, 15) is 13.2 Å². The minimum absolute atomic E-state index is 0.0924. The second-order valence-corrected chi connectivity index (χ2v) is 7.96. The Morgan fingerprint density at radius 1 is 0.923 bits per heavy atom. The molecule has 0 radical (unpaired) electrons. The number of carbonyl (C=O) groups is 1. The second-order valence-electron chi connectivity index (χ2n) is 5.97. The SMILES string of the molecule is O=C(/C=C/c1ccc(CS(=O)(=O)c2ccc3ccccc3c2)cc1)CO. The molecule has 1 N–H and O–H groups in total. The zero-order valence-corrected chi connectivity index (χ0v) is 14.8. The van der Waals surface area contributed by atoms with Gasteiger partial charge in [-0.3, -0.25) is 4.79 Å². The number of fused-ring (bicyclic) bond motifs is 1. The van der Waals surface area contributed by atoms with Gasteiger partial charge in [0.15, 0.2) is 15.6 Å². The molecule has 0 saturated heterocycles. The molecule has 0 atom stereocenters. The second kappa shape index (κ2) is 7.64. The molecule has 3 aromatic carbocycles. The van der Waals surface area contributed by atoms with Gasteiger partial charge in [-0.25, -0.2) is 8.42 Å². The third-order valence-corrected chi connectivity index (χ3v) is 5.72. The third kappa shape index (κ3) is 4.25. The van der Waals surface area contributed by atoms with Gasteiger partial charge in [0.2, 0.25) is 0 Å². The van der Waals surface area contributed by atoms with E-state index in [1.54, 1.807) is 42.5 Å². The number of carbonyl (C=O) groups excluding carboxylic acids is 1. The van der Waals surface area contributed by atoms with E-state index in [2.05, 4.69) is 0 Å². The first-order valence-corrected chi connectivity index (χ1v) is 9.75. The average molecular weight is 366 g/mol. The van der Waals surface area contributed by atoms with Gasteiger partial charge >= 0.3 is 0 Å². The number of hydrogen-bond acceptors (Lipinski definition) is 4. The van der Waals surface area contributed by atoms with Crippen LogP contribution >= 0.6 is 0 Å². The van der Waals surface area contributed by atoms with Crippen LogP contribution in [0.1, 0.15) is 11.1 Å². The zero-order valence-electron chi connectivity index (χ0n) is 14.0. The maximum Gasteiger partial charge on any atom is 0.182 e. The molecule has 0 saturated carbocycles. The summed E-state index contributed by atoms with van der Waals surface area (Å²) in [6.07, 6.45) is 2.88. The van der Waals surface area contributed by atoms with Gasteiger partial charge in [-0.15, -0.1) is 0 Å². The number of benzene rings is 3. The van der Waals surface area contributed by atoms with Crippen molar-refractivity contribution in [1.29, 1.82) is 0 Å². The molecule has 0 amide bonds. The lowest BCUT2D eigenvalue weighted by atomic mass is 10.1. The van der Waals surface area contributed by atoms with Crippen LogP contribution in [0.4, 0.5) is 0 Å². The smallest absolute Gasteiger partial charge is 0.182 e. The lowest BCUT2D eigenvalue weighted by molar-refractivity contribution is -0.117.